The maximum Gasteiger partial charge on any atom is 0.136 e. The lowest BCUT2D eigenvalue weighted by Gasteiger charge is -2.08. The Morgan fingerprint density at radius 3 is 2.66 bits per heavy atom. The van der Waals surface area contributed by atoms with Crippen LogP contribution in [0.5, 0.6) is 0 Å². The summed E-state index contributed by atoms with van der Waals surface area (Å²) in [5.41, 5.74) is 4.31. The van der Waals surface area contributed by atoms with E-state index in [0.29, 0.717) is 13.0 Å². The summed E-state index contributed by atoms with van der Waals surface area (Å²) in [5, 5.41) is 7.10. The molecule has 1 aliphatic heterocycles. The lowest BCUT2D eigenvalue weighted by Crippen LogP contribution is -2.29. The molecule has 0 spiro atoms. The van der Waals surface area contributed by atoms with Gasteiger partial charge in [0.2, 0.25) is 0 Å². The van der Waals surface area contributed by atoms with Crippen LogP contribution in [-0.4, -0.2) is 21.6 Å². The number of fused-ring (bicyclic) bond motifs is 2. The summed E-state index contributed by atoms with van der Waals surface area (Å²) in [7, 11) is 0. The molecule has 6 heteroatoms. The summed E-state index contributed by atoms with van der Waals surface area (Å²) >= 11 is 0. The van der Waals surface area contributed by atoms with Gasteiger partial charge in [-0.2, -0.15) is 0 Å². The molecule has 4 aromatic rings. The molecule has 2 aromatic carbocycles. The molecule has 1 aliphatic rings. The van der Waals surface area contributed by atoms with Crippen molar-refractivity contribution in [3.05, 3.63) is 100.0 Å². The predicted molar refractivity (Wildman–Crippen MR) is 121 cm³/mol. The Balaban J connectivity index is 1.25. The van der Waals surface area contributed by atoms with Crippen molar-refractivity contribution in [1.82, 2.24) is 15.0 Å². The largest absolute Gasteiger partial charge is 0.391 e. The van der Waals surface area contributed by atoms with Gasteiger partial charge in [-0.3, -0.25) is 4.98 Å². The van der Waals surface area contributed by atoms with Gasteiger partial charge in [0.15, 0.2) is 0 Å². The van der Waals surface area contributed by atoms with Gasteiger partial charge >= 0.3 is 0 Å². The number of nitrogens with zero attached hydrogens (tertiary/aromatic N) is 4. The maximum absolute atomic E-state index is 13.1. The zero-order chi connectivity index (χ0) is 21.8. The molecular weight excluding hydrogens is 403 g/mol. The molecule has 160 valence electrons. The number of rotatable bonds is 7. The van der Waals surface area contributed by atoms with Crippen molar-refractivity contribution in [2.75, 3.05) is 6.61 Å². The first-order chi connectivity index (χ1) is 15.7. The molecule has 0 unspecified atom stereocenters. The number of benzene rings is 2. The zero-order valence-corrected chi connectivity index (χ0v) is 17.7. The second-order valence-electron chi connectivity index (χ2n) is 7.94. The van der Waals surface area contributed by atoms with Gasteiger partial charge in [-0.05, 0) is 73.2 Å². The summed E-state index contributed by atoms with van der Waals surface area (Å²) in [5.74, 6) is 0.574. The van der Waals surface area contributed by atoms with Gasteiger partial charge in [-0.15, -0.1) is 0 Å². The molecule has 0 aliphatic carbocycles. The molecule has 0 N–H and O–H groups in total. The molecule has 2 aromatic heterocycles. The van der Waals surface area contributed by atoms with Crippen LogP contribution in [0.15, 0.2) is 66.1 Å². The molecule has 5 rings (SSSR count). The van der Waals surface area contributed by atoms with Crippen molar-refractivity contribution in [1.29, 1.82) is 0 Å². The van der Waals surface area contributed by atoms with Crippen LogP contribution < -0.4 is 10.6 Å². The second kappa shape index (κ2) is 9.22. The number of pyridine rings is 1. The van der Waals surface area contributed by atoms with Crippen LogP contribution >= 0.6 is 0 Å². The highest BCUT2D eigenvalue weighted by molar-refractivity contribution is 5.79. The van der Waals surface area contributed by atoms with Crippen molar-refractivity contribution < 1.29 is 9.23 Å². The third kappa shape index (κ3) is 4.64. The fourth-order valence-electron chi connectivity index (χ4n) is 3.98. The monoisotopic (exact) mass is 426 g/mol. The minimum absolute atomic E-state index is 0.217. The van der Waals surface area contributed by atoms with E-state index in [-0.39, 0.29) is 5.82 Å². The summed E-state index contributed by atoms with van der Waals surface area (Å²) in [6.07, 6.45) is 10.1. The summed E-state index contributed by atoms with van der Waals surface area (Å²) in [6, 6.07) is 14.8. The predicted octanol–water partition coefficient (Wildman–Crippen LogP) is 3.47. The molecule has 3 heterocycles. The van der Waals surface area contributed by atoms with Gasteiger partial charge in [0, 0.05) is 29.4 Å². The normalized spacial score (nSPS) is 12.5. The Hall–Kier alpha value is -3.67. The molecule has 5 nitrogen and oxygen atoms in total. The summed E-state index contributed by atoms with van der Waals surface area (Å²) < 4.78 is 13.1. The average Bonchev–Trinajstić information content (AvgIpc) is 2.83. The molecule has 0 radical (unpaired) electrons. The molecule has 0 saturated carbocycles. The zero-order valence-electron chi connectivity index (χ0n) is 17.7. The lowest BCUT2D eigenvalue weighted by molar-refractivity contribution is 0.166. The third-order valence-corrected chi connectivity index (χ3v) is 5.70. The van der Waals surface area contributed by atoms with Crippen LogP contribution in [0.2, 0.25) is 0 Å². The van der Waals surface area contributed by atoms with E-state index in [1.54, 1.807) is 0 Å². The fourth-order valence-corrected chi connectivity index (χ4v) is 3.98. The Labute approximate surface area is 185 Å². The number of hydrogen-bond donors (Lipinski definition) is 0. The van der Waals surface area contributed by atoms with E-state index in [4.69, 9.17) is 9.82 Å². The van der Waals surface area contributed by atoms with Gasteiger partial charge in [0.25, 0.3) is 0 Å². The van der Waals surface area contributed by atoms with Crippen molar-refractivity contribution in [2.45, 2.75) is 32.1 Å². The Morgan fingerprint density at radius 2 is 1.75 bits per heavy atom. The van der Waals surface area contributed by atoms with Crippen molar-refractivity contribution >= 4 is 17.0 Å². The van der Waals surface area contributed by atoms with Gasteiger partial charge in [-0.25, -0.2) is 14.4 Å². The van der Waals surface area contributed by atoms with Crippen LogP contribution in [-0.2, 0) is 30.5 Å². The van der Waals surface area contributed by atoms with E-state index in [2.05, 4.69) is 33.3 Å². The van der Waals surface area contributed by atoms with Crippen molar-refractivity contribution in [3.8, 4) is 0 Å². The highest BCUT2D eigenvalue weighted by Crippen LogP contribution is 2.17. The first-order valence-corrected chi connectivity index (χ1v) is 10.9. The molecule has 0 bridgehead atoms. The molecule has 0 amide bonds. The smallest absolute Gasteiger partial charge is 0.136 e. The summed E-state index contributed by atoms with van der Waals surface area (Å²) in [6.45, 7) is 0.530. The van der Waals surface area contributed by atoms with Crippen LogP contribution in [0.1, 0.15) is 29.1 Å². The summed E-state index contributed by atoms with van der Waals surface area (Å²) in [4.78, 5) is 19.0. The number of hydrogen-bond acceptors (Lipinski definition) is 5. The Morgan fingerprint density at radius 1 is 0.875 bits per heavy atom. The van der Waals surface area contributed by atoms with Crippen LogP contribution in [0, 0.1) is 5.82 Å². The SMILES string of the molecule is Fc1ccc(CCc2ncc3c(CCCc4ccc5c(c4)=CCON=5)nccc3n2)cc1. The van der Waals surface area contributed by atoms with Crippen molar-refractivity contribution in [3.63, 3.8) is 0 Å². The van der Waals surface area contributed by atoms with Crippen LogP contribution in [0.4, 0.5) is 4.39 Å². The molecule has 0 atom stereocenters. The van der Waals surface area contributed by atoms with Crippen molar-refractivity contribution in [2.24, 2.45) is 5.16 Å². The minimum atomic E-state index is -0.217. The topological polar surface area (TPSA) is 60.3 Å². The lowest BCUT2D eigenvalue weighted by atomic mass is 10.0. The van der Waals surface area contributed by atoms with E-state index in [9.17, 15) is 4.39 Å². The van der Waals surface area contributed by atoms with Gasteiger partial charge in [0.05, 0.1) is 11.2 Å². The average molecular weight is 426 g/mol. The van der Waals surface area contributed by atoms with E-state index >= 15 is 0 Å². The molecular formula is C26H23FN4O. The number of aryl methyl sites for hydroxylation is 4. The first kappa shape index (κ1) is 20.2. The van der Waals surface area contributed by atoms with Gasteiger partial charge < -0.3 is 4.84 Å². The molecule has 0 saturated heterocycles. The quantitative estimate of drug-likeness (QED) is 0.454. The second-order valence-corrected chi connectivity index (χ2v) is 7.94. The van der Waals surface area contributed by atoms with E-state index in [1.165, 1.54) is 17.7 Å². The fraction of sp³-hybridized carbons (Fsp3) is 0.231. The van der Waals surface area contributed by atoms with Crippen LogP contribution in [0.3, 0.4) is 0 Å². The van der Waals surface area contributed by atoms with E-state index < -0.39 is 0 Å². The standard InChI is InChI=1S/C26H23FN4O/c27-21-8-4-18(5-9-21)7-11-26-29-17-22-24(28-14-12-25(22)30-26)3-1-2-19-6-10-23-20(16-19)13-15-32-31-23/h4-6,8-10,12-14,16-17H,1-3,7,11,15H2. The highest BCUT2D eigenvalue weighted by atomic mass is 19.1. The Kier molecular flexibility index (Phi) is 5.83. The van der Waals surface area contributed by atoms with E-state index in [1.807, 2.05) is 36.7 Å². The van der Waals surface area contributed by atoms with Gasteiger partial charge in [-0.1, -0.05) is 23.4 Å². The Bertz CT molecular complexity index is 1370. The van der Waals surface area contributed by atoms with Gasteiger partial charge in [0.1, 0.15) is 23.6 Å². The number of halogens is 1. The van der Waals surface area contributed by atoms with Crippen LogP contribution in [0.25, 0.3) is 17.0 Å². The minimum Gasteiger partial charge on any atom is -0.391 e. The molecule has 32 heavy (non-hydrogen) atoms. The first-order valence-electron chi connectivity index (χ1n) is 10.9. The number of aromatic nitrogens is 3. The molecule has 0 fully saturated rings. The maximum atomic E-state index is 13.1. The highest BCUT2D eigenvalue weighted by Gasteiger charge is 2.07. The third-order valence-electron chi connectivity index (χ3n) is 5.70. The van der Waals surface area contributed by atoms with E-state index in [0.717, 1.165) is 64.2 Å².